The lowest BCUT2D eigenvalue weighted by molar-refractivity contribution is 0.00832. The number of hydrogen-bond acceptors (Lipinski definition) is 2. The van der Waals surface area contributed by atoms with Crippen molar-refractivity contribution in [1.82, 2.24) is 0 Å². The van der Waals surface area contributed by atoms with E-state index in [1.54, 1.807) is 6.07 Å². The molecule has 0 radical (unpaired) electrons. The summed E-state index contributed by atoms with van der Waals surface area (Å²) in [5.74, 6) is -0.144. The van der Waals surface area contributed by atoms with Gasteiger partial charge in [-0.05, 0) is 17.7 Å². The molecule has 1 saturated heterocycles. The van der Waals surface area contributed by atoms with Gasteiger partial charge in [-0.2, -0.15) is 0 Å². The van der Waals surface area contributed by atoms with E-state index in [-0.39, 0.29) is 5.56 Å². The fraction of sp³-hybridized carbons (Fsp3) is 0.300. The van der Waals surface area contributed by atoms with Crippen molar-refractivity contribution in [1.29, 1.82) is 0 Å². The molecule has 1 aliphatic rings. The second kappa shape index (κ2) is 3.26. The molecule has 3 heteroatoms. The topological polar surface area (TPSA) is 26.3 Å². The van der Waals surface area contributed by atoms with Gasteiger partial charge in [-0.25, -0.2) is 4.39 Å². The molecule has 0 spiro atoms. The van der Waals surface area contributed by atoms with Crippen LogP contribution < -0.4 is 0 Å². The highest BCUT2D eigenvalue weighted by Gasteiger charge is 2.21. The third-order valence-corrected chi connectivity index (χ3v) is 2.26. The minimum absolute atomic E-state index is 0.115. The van der Waals surface area contributed by atoms with Crippen LogP contribution in [0.1, 0.15) is 21.8 Å². The number of benzene rings is 1. The van der Waals surface area contributed by atoms with Crippen LogP contribution in [0.5, 0.6) is 0 Å². The zero-order chi connectivity index (χ0) is 9.26. The molecule has 0 aliphatic carbocycles. The lowest BCUT2D eigenvalue weighted by Crippen LogP contribution is -2.25. The number of carbonyl (C=O) groups is 1. The summed E-state index contributed by atoms with van der Waals surface area (Å²) in [7, 11) is 0. The maximum Gasteiger partial charge on any atom is 0.152 e. The Labute approximate surface area is 75.3 Å². The van der Waals surface area contributed by atoms with Crippen molar-refractivity contribution < 1.29 is 13.9 Å². The van der Waals surface area contributed by atoms with E-state index in [9.17, 15) is 9.18 Å². The summed E-state index contributed by atoms with van der Waals surface area (Å²) in [5, 5.41) is 0. The molecule has 0 amide bonds. The van der Waals surface area contributed by atoms with Crippen LogP contribution >= 0.6 is 0 Å². The van der Waals surface area contributed by atoms with E-state index in [4.69, 9.17) is 4.74 Å². The van der Waals surface area contributed by atoms with Crippen LogP contribution in [0, 0.1) is 5.82 Å². The van der Waals surface area contributed by atoms with Gasteiger partial charge in [0.25, 0.3) is 0 Å². The first kappa shape index (κ1) is 8.38. The summed E-state index contributed by atoms with van der Waals surface area (Å²) >= 11 is 0. The third kappa shape index (κ3) is 1.47. The zero-order valence-corrected chi connectivity index (χ0v) is 7.00. The Morgan fingerprint density at radius 2 is 2.23 bits per heavy atom. The number of rotatable bonds is 2. The summed E-state index contributed by atoms with van der Waals surface area (Å²) in [4.78, 5) is 10.3. The first-order valence-corrected chi connectivity index (χ1v) is 4.13. The fourth-order valence-corrected chi connectivity index (χ4v) is 1.32. The molecule has 0 bridgehead atoms. The van der Waals surface area contributed by atoms with Crippen LogP contribution in [0.15, 0.2) is 18.2 Å². The highest BCUT2D eigenvalue weighted by molar-refractivity contribution is 5.75. The molecule has 2 nitrogen and oxygen atoms in total. The fourth-order valence-electron chi connectivity index (χ4n) is 1.32. The largest absolute Gasteiger partial charge is 0.380 e. The van der Waals surface area contributed by atoms with Crippen molar-refractivity contribution in [3.8, 4) is 0 Å². The van der Waals surface area contributed by atoms with Crippen molar-refractivity contribution in [2.75, 3.05) is 13.2 Å². The standard InChI is InChI=1S/C10H9FO2/c11-10-3-7(9-5-13-6-9)1-2-8(10)4-12/h1-4,9H,5-6H2. The van der Waals surface area contributed by atoms with Gasteiger partial charge in [-0.3, -0.25) is 4.79 Å². The third-order valence-electron chi connectivity index (χ3n) is 2.26. The number of halogens is 1. The van der Waals surface area contributed by atoms with Crippen molar-refractivity contribution >= 4 is 6.29 Å². The Bertz CT molecular complexity index is 332. The molecule has 1 aliphatic heterocycles. The van der Waals surface area contributed by atoms with E-state index in [0.717, 1.165) is 5.56 Å². The Morgan fingerprint density at radius 1 is 1.46 bits per heavy atom. The second-order valence-electron chi connectivity index (χ2n) is 3.13. The minimum Gasteiger partial charge on any atom is -0.380 e. The van der Waals surface area contributed by atoms with E-state index >= 15 is 0 Å². The zero-order valence-electron chi connectivity index (χ0n) is 7.00. The van der Waals surface area contributed by atoms with Gasteiger partial charge in [0.1, 0.15) is 5.82 Å². The normalized spacial score (nSPS) is 16.7. The molecule has 0 N–H and O–H groups in total. The second-order valence-corrected chi connectivity index (χ2v) is 3.13. The average Bonchev–Trinajstić information content (AvgIpc) is 2.01. The molecule has 1 aromatic carbocycles. The van der Waals surface area contributed by atoms with Crippen molar-refractivity contribution in [3.63, 3.8) is 0 Å². The van der Waals surface area contributed by atoms with Gasteiger partial charge < -0.3 is 4.74 Å². The van der Waals surface area contributed by atoms with Gasteiger partial charge in [0, 0.05) is 5.92 Å². The smallest absolute Gasteiger partial charge is 0.152 e. The van der Waals surface area contributed by atoms with E-state index in [0.29, 0.717) is 25.4 Å². The van der Waals surface area contributed by atoms with Crippen LogP contribution in [0.4, 0.5) is 4.39 Å². The first-order chi connectivity index (χ1) is 6.31. The van der Waals surface area contributed by atoms with Crippen LogP contribution in [0.2, 0.25) is 0 Å². The van der Waals surface area contributed by atoms with Gasteiger partial charge in [0.15, 0.2) is 6.29 Å². The molecule has 1 fully saturated rings. The van der Waals surface area contributed by atoms with E-state index in [2.05, 4.69) is 0 Å². The summed E-state index contributed by atoms with van der Waals surface area (Å²) in [6, 6.07) is 4.70. The number of ether oxygens (including phenoxy) is 1. The van der Waals surface area contributed by atoms with Gasteiger partial charge in [-0.15, -0.1) is 0 Å². The molecule has 0 unspecified atom stereocenters. The molecule has 2 rings (SSSR count). The Kier molecular flexibility index (Phi) is 2.10. The Morgan fingerprint density at radius 3 is 2.69 bits per heavy atom. The monoisotopic (exact) mass is 180 g/mol. The maximum absolute atomic E-state index is 13.1. The van der Waals surface area contributed by atoms with Crippen LogP contribution in [-0.2, 0) is 4.74 Å². The molecule has 0 atom stereocenters. The highest BCUT2D eigenvalue weighted by atomic mass is 19.1. The van der Waals surface area contributed by atoms with E-state index in [1.807, 2.05) is 0 Å². The van der Waals surface area contributed by atoms with Crippen LogP contribution in [-0.4, -0.2) is 19.5 Å². The molecular formula is C10H9FO2. The SMILES string of the molecule is O=Cc1ccc(C2COC2)cc1F. The maximum atomic E-state index is 13.1. The van der Waals surface area contributed by atoms with Gasteiger partial charge in [-0.1, -0.05) is 6.07 Å². The van der Waals surface area contributed by atoms with Gasteiger partial charge in [0.05, 0.1) is 18.8 Å². The molecule has 0 saturated carbocycles. The van der Waals surface area contributed by atoms with E-state index < -0.39 is 5.82 Å². The molecular weight excluding hydrogens is 171 g/mol. The average molecular weight is 180 g/mol. The Hall–Kier alpha value is -1.22. The molecule has 13 heavy (non-hydrogen) atoms. The first-order valence-electron chi connectivity index (χ1n) is 4.13. The molecule has 1 aromatic rings. The lowest BCUT2D eigenvalue weighted by Gasteiger charge is -2.26. The molecule has 1 heterocycles. The van der Waals surface area contributed by atoms with Gasteiger partial charge >= 0.3 is 0 Å². The number of hydrogen-bond donors (Lipinski definition) is 0. The predicted molar refractivity (Wildman–Crippen MR) is 45.3 cm³/mol. The van der Waals surface area contributed by atoms with E-state index in [1.165, 1.54) is 12.1 Å². The van der Waals surface area contributed by atoms with Crippen molar-refractivity contribution in [2.45, 2.75) is 5.92 Å². The summed E-state index contributed by atoms with van der Waals surface area (Å²) < 4.78 is 18.1. The van der Waals surface area contributed by atoms with Crippen molar-refractivity contribution in [3.05, 3.63) is 35.1 Å². The number of carbonyl (C=O) groups excluding carboxylic acids is 1. The summed E-state index contributed by atoms with van der Waals surface area (Å²) in [6.45, 7) is 1.31. The predicted octanol–water partition coefficient (Wildman–Crippen LogP) is 1.75. The van der Waals surface area contributed by atoms with Crippen molar-refractivity contribution in [2.24, 2.45) is 0 Å². The molecule has 0 aromatic heterocycles. The van der Waals surface area contributed by atoms with Crippen LogP contribution in [0.25, 0.3) is 0 Å². The highest BCUT2D eigenvalue weighted by Crippen LogP contribution is 2.24. The van der Waals surface area contributed by atoms with Crippen LogP contribution in [0.3, 0.4) is 0 Å². The number of aldehydes is 1. The lowest BCUT2D eigenvalue weighted by atomic mass is 9.96. The summed E-state index contributed by atoms with van der Waals surface area (Å²) in [5.41, 5.74) is 1.03. The van der Waals surface area contributed by atoms with Gasteiger partial charge in [0.2, 0.25) is 0 Å². The minimum atomic E-state index is -0.445. The summed E-state index contributed by atoms with van der Waals surface area (Å²) in [6.07, 6.45) is 0.524. The Balaban J connectivity index is 2.29. The quantitative estimate of drug-likeness (QED) is 0.648. The molecule has 68 valence electrons.